The van der Waals surface area contributed by atoms with Gasteiger partial charge in [-0.3, -0.25) is 14.8 Å². The van der Waals surface area contributed by atoms with Crippen LogP contribution >= 0.6 is 0 Å². The summed E-state index contributed by atoms with van der Waals surface area (Å²) in [5.74, 6) is 0.580. The molecule has 1 aromatic carbocycles. The van der Waals surface area contributed by atoms with Crippen LogP contribution in [0.25, 0.3) is 11.1 Å². The molecule has 0 aliphatic heterocycles. The highest BCUT2D eigenvalue weighted by Crippen LogP contribution is 2.17. The molecule has 0 amide bonds. The number of rotatable bonds is 3. The van der Waals surface area contributed by atoms with Crippen molar-refractivity contribution in [2.75, 3.05) is 0 Å². The minimum Gasteiger partial charge on any atom is -0.441 e. The molecule has 0 atom stereocenters. The zero-order chi connectivity index (χ0) is 13.2. The number of carbonyl (C=O) groups is 1. The highest BCUT2D eigenvalue weighted by Gasteiger charge is 2.10. The number of ketones is 1. The van der Waals surface area contributed by atoms with Crippen LogP contribution in [0.3, 0.4) is 0 Å². The van der Waals surface area contributed by atoms with Crippen molar-refractivity contribution in [3.8, 4) is 0 Å². The summed E-state index contributed by atoms with van der Waals surface area (Å²) >= 11 is 0. The van der Waals surface area contributed by atoms with Crippen LogP contribution in [0, 0.1) is 6.92 Å². The molecule has 3 rings (SSSR count). The highest BCUT2D eigenvalue weighted by atomic mass is 16.3. The van der Waals surface area contributed by atoms with Crippen molar-refractivity contribution in [3.63, 3.8) is 0 Å². The first kappa shape index (κ1) is 11.5. The number of hydrogen-bond acceptors (Lipinski definition) is 5. The molecule has 0 aliphatic carbocycles. The van der Waals surface area contributed by atoms with E-state index in [0.717, 1.165) is 0 Å². The van der Waals surface area contributed by atoms with E-state index >= 15 is 0 Å². The molecule has 0 bridgehead atoms. The number of hydrogen-bond donors (Lipinski definition) is 0. The lowest BCUT2D eigenvalue weighted by molar-refractivity contribution is 0.0992. The summed E-state index contributed by atoms with van der Waals surface area (Å²) in [6, 6.07) is 5.25. The van der Waals surface area contributed by atoms with Crippen LogP contribution in [0.2, 0.25) is 0 Å². The molecule has 0 radical (unpaired) electrons. The Morgan fingerprint density at radius 1 is 1.32 bits per heavy atom. The molecule has 0 spiro atoms. The van der Waals surface area contributed by atoms with Crippen LogP contribution in [0.1, 0.15) is 21.9 Å². The summed E-state index contributed by atoms with van der Waals surface area (Å²) in [7, 11) is 0. The van der Waals surface area contributed by atoms with Crippen LogP contribution < -0.4 is 0 Å². The lowest BCUT2D eigenvalue weighted by atomic mass is 10.1. The van der Waals surface area contributed by atoms with E-state index in [-0.39, 0.29) is 12.2 Å². The Kier molecular flexibility index (Phi) is 2.79. The molecule has 94 valence electrons. The molecular formula is C14H11N3O2. The summed E-state index contributed by atoms with van der Waals surface area (Å²) in [5.41, 5.74) is 2.64. The predicted octanol–water partition coefficient (Wildman–Crippen LogP) is 2.35. The first-order valence-electron chi connectivity index (χ1n) is 5.87. The fourth-order valence-electron chi connectivity index (χ4n) is 1.90. The van der Waals surface area contributed by atoms with Crippen molar-refractivity contribution in [1.29, 1.82) is 0 Å². The quantitative estimate of drug-likeness (QED) is 0.670. The molecule has 0 saturated carbocycles. The Labute approximate surface area is 109 Å². The summed E-state index contributed by atoms with van der Waals surface area (Å²) in [5, 5.41) is 0. The number of carbonyl (C=O) groups excluding carboxylic acids is 1. The second-order valence-corrected chi connectivity index (χ2v) is 4.21. The van der Waals surface area contributed by atoms with Crippen molar-refractivity contribution < 1.29 is 9.21 Å². The van der Waals surface area contributed by atoms with E-state index in [1.807, 2.05) is 0 Å². The van der Waals surface area contributed by atoms with Crippen molar-refractivity contribution >= 4 is 16.9 Å². The molecule has 3 aromatic rings. The largest absolute Gasteiger partial charge is 0.441 e. The lowest BCUT2D eigenvalue weighted by Crippen LogP contribution is -2.05. The third-order valence-corrected chi connectivity index (χ3v) is 2.77. The fourth-order valence-corrected chi connectivity index (χ4v) is 1.90. The third-order valence-electron chi connectivity index (χ3n) is 2.77. The Hall–Kier alpha value is -2.56. The van der Waals surface area contributed by atoms with Gasteiger partial charge < -0.3 is 4.42 Å². The van der Waals surface area contributed by atoms with Crippen LogP contribution in [0.5, 0.6) is 0 Å². The van der Waals surface area contributed by atoms with Gasteiger partial charge in [-0.25, -0.2) is 4.98 Å². The van der Waals surface area contributed by atoms with Gasteiger partial charge in [-0.15, -0.1) is 0 Å². The number of aromatic nitrogens is 3. The molecule has 2 heterocycles. The smallest absolute Gasteiger partial charge is 0.192 e. The van der Waals surface area contributed by atoms with Crippen molar-refractivity contribution in [2.24, 2.45) is 0 Å². The van der Waals surface area contributed by atoms with Gasteiger partial charge in [0.2, 0.25) is 0 Å². The normalized spacial score (nSPS) is 10.8. The Balaban J connectivity index is 1.89. The highest BCUT2D eigenvalue weighted by molar-refractivity contribution is 5.99. The van der Waals surface area contributed by atoms with Crippen LogP contribution in [0.4, 0.5) is 0 Å². The van der Waals surface area contributed by atoms with E-state index in [0.29, 0.717) is 28.2 Å². The summed E-state index contributed by atoms with van der Waals surface area (Å²) in [6.07, 6.45) is 4.98. The number of oxazole rings is 1. The van der Waals surface area contributed by atoms with Crippen LogP contribution in [-0.2, 0) is 6.42 Å². The first-order valence-corrected chi connectivity index (χ1v) is 5.87. The van der Waals surface area contributed by atoms with E-state index in [2.05, 4.69) is 15.0 Å². The van der Waals surface area contributed by atoms with Crippen molar-refractivity contribution in [2.45, 2.75) is 13.3 Å². The molecular weight excluding hydrogens is 242 g/mol. The number of benzene rings is 1. The Bertz CT molecular complexity index is 735. The predicted molar refractivity (Wildman–Crippen MR) is 68.8 cm³/mol. The maximum absolute atomic E-state index is 12.1. The summed E-state index contributed by atoms with van der Waals surface area (Å²) in [6.45, 7) is 1.78. The van der Waals surface area contributed by atoms with Crippen molar-refractivity contribution in [3.05, 3.63) is 53.9 Å². The van der Waals surface area contributed by atoms with Gasteiger partial charge in [0.1, 0.15) is 5.52 Å². The molecule has 19 heavy (non-hydrogen) atoms. The van der Waals surface area contributed by atoms with Crippen molar-refractivity contribution in [1.82, 2.24) is 15.0 Å². The average Bonchev–Trinajstić information content (AvgIpc) is 2.78. The molecule has 0 unspecified atom stereocenters. The van der Waals surface area contributed by atoms with E-state index in [9.17, 15) is 4.79 Å². The SMILES string of the molecule is Cc1nc2cc(C(=O)Cc3cnccn3)ccc2o1. The molecule has 0 aliphatic rings. The minimum absolute atomic E-state index is 0.0111. The van der Waals surface area contributed by atoms with Gasteiger partial charge in [0.15, 0.2) is 17.3 Å². The number of aryl methyl sites for hydroxylation is 1. The van der Waals surface area contributed by atoms with E-state index in [4.69, 9.17) is 4.42 Å². The molecule has 2 aromatic heterocycles. The number of fused-ring (bicyclic) bond motifs is 1. The maximum Gasteiger partial charge on any atom is 0.192 e. The Morgan fingerprint density at radius 2 is 2.21 bits per heavy atom. The molecule has 0 fully saturated rings. The number of Topliss-reactive ketones (excluding diaryl/α,β-unsaturated/α-hetero) is 1. The second-order valence-electron chi connectivity index (χ2n) is 4.21. The molecule has 0 N–H and O–H groups in total. The van der Waals surface area contributed by atoms with Gasteiger partial charge in [0.25, 0.3) is 0 Å². The summed E-state index contributed by atoms with van der Waals surface area (Å²) in [4.78, 5) is 24.4. The van der Waals surface area contributed by atoms with Gasteiger partial charge in [0, 0.05) is 31.1 Å². The Morgan fingerprint density at radius 3 is 3.00 bits per heavy atom. The monoisotopic (exact) mass is 253 g/mol. The summed E-state index contributed by atoms with van der Waals surface area (Å²) < 4.78 is 5.38. The second kappa shape index (κ2) is 4.61. The van der Waals surface area contributed by atoms with Gasteiger partial charge in [-0.05, 0) is 18.2 Å². The molecule has 5 nitrogen and oxygen atoms in total. The average molecular weight is 253 g/mol. The standard InChI is InChI=1S/C14H11N3O2/c1-9-17-12-6-10(2-3-14(12)19-9)13(18)7-11-8-15-4-5-16-11/h2-6,8H,7H2,1H3. The molecule has 5 heteroatoms. The van der Waals surface area contributed by atoms with Gasteiger partial charge in [-0.2, -0.15) is 0 Å². The van der Waals surface area contributed by atoms with E-state index < -0.39 is 0 Å². The fraction of sp³-hybridized carbons (Fsp3) is 0.143. The van der Waals surface area contributed by atoms with Crippen LogP contribution in [0.15, 0.2) is 41.2 Å². The van der Waals surface area contributed by atoms with Crippen LogP contribution in [-0.4, -0.2) is 20.7 Å². The van der Waals surface area contributed by atoms with Gasteiger partial charge >= 0.3 is 0 Å². The van der Waals surface area contributed by atoms with E-state index in [1.165, 1.54) is 0 Å². The number of nitrogens with zero attached hydrogens (tertiary/aromatic N) is 3. The third kappa shape index (κ3) is 2.35. The van der Waals surface area contributed by atoms with E-state index in [1.54, 1.807) is 43.7 Å². The zero-order valence-electron chi connectivity index (χ0n) is 10.3. The van der Waals surface area contributed by atoms with Gasteiger partial charge in [-0.1, -0.05) is 0 Å². The topological polar surface area (TPSA) is 68.9 Å². The lowest BCUT2D eigenvalue weighted by Gasteiger charge is -2.00. The maximum atomic E-state index is 12.1. The molecule has 0 saturated heterocycles. The first-order chi connectivity index (χ1) is 9.22. The minimum atomic E-state index is -0.0111. The van der Waals surface area contributed by atoms with Gasteiger partial charge in [0.05, 0.1) is 12.1 Å². The zero-order valence-corrected chi connectivity index (χ0v) is 10.3.